The third-order valence-corrected chi connectivity index (χ3v) is 2.09. The monoisotopic (exact) mass is 199 g/mol. The van der Waals surface area contributed by atoms with Crippen LogP contribution in [0.5, 0.6) is 0 Å². The third-order valence-electron chi connectivity index (χ3n) is 2.09. The lowest BCUT2D eigenvalue weighted by molar-refractivity contribution is 0.979. The first kappa shape index (κ1) is 12.3. The second-order valence-electron chi connectivity index (χ2n) is 3.23. The van der Waals surface area contributed by atoms with Gasteiger partial charge in [-0.3, -0.25) is 0 Å². The molecule has 0 saturated heterocycles. The van der Waals surface area contributed by atoms with Crippen molar-refractivity contribution in [3.8, 4) is 0 Å². The molecular formula is C11H18ClN. The molecule has 0 saturated carbocycles. The van der Waals surface area contributed by atoms with Crippen LogP contribution in [0.2, 0.25) is 0 Å². The van der Waals surface area contributed by atoms with Crippen molar-refractivity contribution in [3.63, 3.8) is 0 Å². The molecule has 1 nitrogen and oxygen atoms in total. The summed E-state index contributed by atoms with van der Waals surface area (Å²) in [5.41, 5.74) is 3.95. The average molecular weight is 200 g/mol. The molecule has 0 aliphatic heterocycles. The lowest BCUT2D eigenvalue weighted by Gasteiger charge is -2.06. The summed E-state index contributed by atoms with van der Waals surface area (Å²) in [5, 5.41) is 3.36. The highest BCUT2D eigenvalue weighted by Crippen LogP contribution is 2.13. The van der Waals surface area contributed by atoms with Crippen LogP contribution in [0, 0.1) is 13.8 Å². The van der Waals surface area contributed by atoms with Crippen LogP contribution >= 0.6 is 12.4 Å². The molecule has 0 aliphatic rings. The fraction of sp³-hybridized carbons (Fsp3) is 0.455. The summed E-state index contributed by atoms with van der Waals surface area (Å²) in [5.74, 6) is 0. The highest BCUT2D eigenvalue weighted by molar-refractivity contribution is 5.85. The van der Waals surface area contributed by atoms with Gasteiger partial charge in [-0.15, -0.1) is 12.4 Å². The minimum atomic E-state index is 0. The highest BCUT2D eigenvalue weighted by Gasteiger charge is 1.93. The maximum Gasteiger partial charge on any atom is 0.0342 e. The van der Waals surface area contributed by atoms with E-state index in [1.807, 2.05) is 0 Å². The van der Waals surface area contributed by atoms with Crippen LogP contribution in [-0.4, -0.2) is 6.54 Å². The summed E-state index contributed by atoms with van der Waals surface area (Å²) < 4.78 is 0. The largest absolute Gasteiger partial charge is 0.385 e. The number of nitrogens with one attached hydrogen (secondary N) is 1. The molecule has 1 aromatic carbocycles. The Morgan fingerprint density at radius 3 is 2.38 bits per heavy atom. The lowest BCUT2D eigenvalue weighted by Crippen LogP contribution is -1.99. The molecule has 0 unspecified atom stereocenters. The van der Waals surface area contributed by atoms with Crippen LogP contribution in [0.1, 0.15) is 24.5 Å². The van der Waals surface area contributed by atoms with E-state index in [1.165, 1.54) is 23.2 Å². The molecule has 0 radical (unpaired) electrons. The molecule has 1 N–H and O–H groups in total. The van der Waals surface area contributed by atoms with Crippen LogP contribution in [0.15, 0.2) is 18.2 Å². The first-order chi connectivity index (χ1) is 5.74. The lowest BCUT2D eigenvalue weighted by atomic mass is 10.1. The predicted molar refractivity (Wildman–Crippen MR) is 61.9 cm³/mol. The Morgan fingerprint density at radius 2 is 1.85 bits per heavy atom. The minimum Gasteiger partial charge on any atom is -0.385 e. The van der Waals surface area contributed by atoms with Gasteiger partial charge in [0, 0.05) is 12.2 Å². The van der Waals surface area contributed by atoms with Crippen LogP contribution in [0.4, 0.5) is 5.69 Å². The Balaban J connectivity index is 0.00000144. The van der Waals surface area contributed by atoms with E-state index in [4.69, 9.17) is 0 Å². The Bertz CT molecular complexity index is 258. The van der Waals surface area contributed by atoms with E-state index in [-0.39, 0.29) is 12.4 Å². The van der Waals surface area contributed by atoms with Crippen molar-refractivity contribution in [3.05, 3.63) is 29.3 Å². The van der Waals surface area contributed by atoms with Crippen molar-refractivity contribution in [1.82, 2.24) is 0 Å². The molecule has 1 rings (SSSR count). The Hall–Kier alpha value is -0.690. The van der Waals surface area contributed by atoms with E-state index in [0.717, 1.165) is 6.54 Å². The van der Waals surface area contributed by atoms with Crippen LogP contribution in [0.25, 0.3) is 0 Å². The van der Waals surface area contributed by atoms with Gasteiger partial charge in [0.2, 0.25) is 0 Å². The first-order valence-electron chi connectivity index (χ1n) is 4.55. The van der Waals surface area contributed by atoms with Crippen LogP contribution in [-0.2, 0) is 0 Å². The quantitative estimate of drug-likeness (QED) is 0.785. The summed E-state index contributed by atoms with van der Waals surface area (Å²) in [6.45, 7) is 7.52. The number of benzene rings is 1. The number of anilines is 1. The Kier molecular flexibility index (Phi) is 5.56. The molecule has 0 fully saturated rings. The molecule has 13 heavy (non-hydrogen) atoms. The fourth-order valence-corrected chi connectivity index (χ4v) is 1.12. The number of hydrogen-bond acceptors (Lipinski definition) is 1. The van der Waals surface area contributed by atoms with Gasteiger partial charge in [0.25, 0.3) is 0 Å². The van der Waals surface area contributed by atoms with Crippen LogP contribution in [0.3, 0.4) is 0 Å². The van der Waals surface area contributed by atoms with E-state index in [2.05, 4.69) is 44.3 Å². The smallest absolute Gasteiger partial charge is 0.0342 e. The van der Waals surface area contributed by atoms with Gasteiger partial charge < -0.3 is 5.32 Å². The summed E-state index contributed by atoms with van der Waals surface area (Å²) in [7, 11) is 0. The molecule has 0 heterocycles. The molecule has 74 valence electrons. The van der Waals surface area contributed by atoms with Crippen molar-refractivity contribution in [1.29, 1.82) is 0 Å². The number of halogens is 1. The normalized spacial score (nSPS) is 9.15. The standard InChI is InChI=1S/C11H17N.ClH/c1-4-7-12-11-6-5-9(2)10(3)8-11;/h5-6,8,12H,4,7H2,1-3H3;1H. The predicted octanol–water partition coefficient (Wildman–Crippen LogP) is 3.55. The highest BCUT2D eigenvalue weighted by atomic mass is 35.5. The fourth-order valence-electron chi connectivity index (χ4n) is 1.12. The molecule has 0 atom stereocenters. The van der Waals surface area contributed by atoms with Gasteiger partial charge in [-0.05, 0) is 43.5 Å². The molecule has 0 aromatic heterocycles. The zero-order valence-corrected chi connectivity index (χ0v) is 9.37. The average Bonchev–Trinajstić information content (AvgIpc) is 2.07. The van der Waals surface area contributed by atoms with E-state index < -0.39 is 0 Å². The molecule has 0 aliphatic carbocycles. The van der Waals surface area contributed by atoms with E-state index >= 15 is 0 Å². The molecule has 0 bridgehead atoms. The summed E-state index contributed by atoms with van der Waals surface area (Å²) >= 11 is 0. The summed E-state index contributed by atoms with van der Waals surface area (Å²) in [4.78, 5) is 0. The van der Waals surface area contributed by atoms with Crippen molar-refractivity contribution in [2.45, 2.75) is 27.2 Å². The Morgan fingerprint density at radius 1 is 1.15 bits per heavy atom. The minimum absolute atomic E-state index is 0. The number of hydrogen-bond donors (Lipinski definition) is 1. The van der Waals surface area contributed by atoms with Gasteiger partial charge in [0.1, 0.15) is 0 Å². The van der Waals surface area contributed by atoms with Crippen molar-refractivity contribution in [2.24, 2.45) is 0 Å². The second kappa shape index (κ2) is 5.87. The number of aryl methyl sites for hydroxylation is 2. The van der Waals surface area contributed by atoms with E-state index in [0.29, 0.717) is 0 Å². The SMILES string of the molecule is CCCNc1ccc(C)c(C)c1.Cl. The van der Waals surface area contributed by atoms with Gasteiger partial charge in [-0.1, -0.05) is 13.0 Å². The molecule has 2 heteroatoms. The van der Waals surface area contributed by atoms with E-state index in [1.54, 1.807) is 0 Å². The maximum atomic E-state index is 3.36. The Labute approximate surface area is 87.0 Å². The second-order valence-corrected chi connectivity index (χ2v) is 3.23. The molecule has 0 amide bonds. The third kappa shape index (κ3) is 3.69. The first-order valence-corrected chi connectivity index (χ1v) is 4.55. The maximum absolute atomic E-state index is 3.36. The van der Waals surface area contributed by atoms with Crippen LogP contribution < -0.4 is 5.32 Å². The summed E-state index contributed by atoms with van der Waals surface area (Å²) in [6.07, 6.45) is 1.17. The molecule has 0 spiro atoms. The topological polar surface area (TPSA) is 12.0 Å². The van der Waals surface area contributed by atoms with Gasteiger partial charge in [-0.25, -0.2) is 0 Å². The molecular weight excluding hydrogens is 182 g/mol. The molecule has 1 aromatic rings. The zero-order chi connectivity index (χ0) is 8.97. The van der Waals surface area contributed by atoms with Gasteiger partial charge in [0.15, 0.2) is 0 Å². The van der Waals surface area contributed by atoms with Crippen molar-refractivity contribution < 1.29 is 0 Å². The zero-order valence-electron chi connectivity index (χ0n) is 8.55. The number of rotatable bonds is 3. The van der Waals surface area contributed by atoms with Gasteiger partial charge in [-0.2, -0.15) is 0 Å². The van der Waals surface area contributed by atoms with Crippen molar-refractivity contribution >= 4 is 18.1 Å². The van der Waals surface area contributed by atoms with Gasteiger partial charge >= 0.3 is 0 Å². The summed E-state index contributed by atoms with van der Waals surface area (Å²) in [6, 6.07) is 6.50. The van der Waals surface area contributed by atoms with Gasteiger partial charge in [0.05, 0.1) is 0 Å². The van der Waals surface area contributed by atoms with E-state index in [9.17, 15) is 0 Å². The van der Waals surface area contributed by atoms with Crippen molar-refractivity contribution in [2.75, 3.05) is 11.9 Å².